The van der Waals surface area contributed by atoms with Crippen molar-refractivity contribution in [2.45, 2.75) is 24.9 Å². The number of methoxy groups -OCH3 is 1. The quantitative estimate of drug-likeness (QED) is 0.873. The van der Waals surface area contributed by atoms with Crippen molar-refractivity contribution in [3.05, 3.63) is 40.5 Å². The summed E-state index contributed by atoms with van der Waals surface area (Å²) in [5, 5.41) is 4.34. The van der Waals surface area contributed by atoms with Crippen LogP contribution in [0.4, 0.5) is 0 Å². The standard InChI is InChI=1S/C15H15BrN2O2/c1-20-15(19)14(18-9-4-5-9)11-6-7-12(16)10-3-2-8-17-13(10)11/h2-3,6-9,14,18H,4-5H2,1H3. The number of ether oxygens (including phenoxy) is 1. The van der Waals surface area contributed by atoms with Crippen molar-refractivity contribution < 1.29 is 9.53 Å². The van der Waals surface area contributed by atoms with Crippen LogP contribution in [0.1, 0.15) is 24.4 Å². The monoisotopic (exact) mass is 334 g/mol. The molecule has 0 aliphatic heterocycles. The van der Waals surface area contributed by atoms with Gasteiger partial charge in [-0.3, -0.25) is 10.3 Å². The van der Waals surface area contributed by atoms with Crippen LogP contribution in [0.2, 0.25) is 0 Å². The lowest BCUT2D eigenvalue weighted by Crippen LogP contribution is -2.31. The number of fused-ring (bicyclic) bond motifs is 1. The van der Waals surface area contributed by atoms with E-state index in [4.69, 9.17) is 4.74 Å². The average Bonchev–Trinajstić information content (AvgIpc) is 3.29. The van der Waals surface area contributed by atoms with Crippen LogP contribution in [0.15, 0.2) is 34.9 Å². The number of pyridine rings is 1. The van der Waals surface area contributed by atoms with Crippen molar-refractivity contribution in [2.75, 3.05) is 7.11 Å². The fourth-order valence-electron chi connectivity index (χ4n) is 2.28. The second kappa shape index (κ2) is 5.50. The van der Waals surface area contributed by atoms with Crippen LogP contribution in [0.3, 0.4) is 0 Å². The maximum atomic E-state index is 12.1. The molecule has 1 N–H and O–H groups in total. The summed E-state index contributed by atoms with van der Waals surface area (Å²) in [4.78, 5) is 16.5. The second-order valence-corrected chi connectivity index (χ2v) is 5.79. The molecule has 5 heteroatoms. The van der Waals surface area contributed by atoms with Crippen LogP contribution in [0.5, 0.6) is 0 Å². The summed E-state index contributed by atoms with van der Waals surface area (Å²) in [6.45, 7) is 0. The molecule has 1 heterocycles. The van der Waals surface area contributed by atoms with Crippen molar-refractivity contribution in [1.82, 2.24) is 10.3 Å². The smallest absolute Gasteiger partial charge is 0.327 e. The number of hydrogen-bond acceptors (Lipinski definition) is 4. The minimum Gasteiger partial charge on any atom is -0.468 e. The molecule has 1 aromatic carbocycles. The molecule has 0 spiro atoms. The molecule has 1 aliphatic carbocycles. The fraction of sp³-hybridized carbons (Fsp3) is 0.333. The third-order valence-corrected chi connectivity index (χ3v) is 4.17. The van der Waals surface area contributed by atoms with Gasteiger partial charge in [0.15, 0.2) is 0 Å². The van der Waals surface area contributed by atoms with Crippen LogP contribution in [0.25, 0.3) is 10.9 Å². The van der Waals surface area contributed by atoms with Crippen LogP contribution < -0.4 is 5.32 Å². The van der Waals surface area contributed by atoms with Gasteiger partial charge in [0.25, 0.3) is 0 Å². The second-order valence-electron chi connectivity index (χ2n) is 4.93. The van der Waals surface area contributed by atoms with Gasteiger partial charge in [0.05, 0.1) is 12.6 Å². The first-order valence-electron chi connectivity index (χ1n) is 6.57. The van der Waals surface area contributed by atoms with Crippen molar-refractivity contribution in [3.63, 3.8) is 0 Å². The van der Waals surface area contributed by atoms with E-state index in [0.29, 0.717) is 6.04 Å². The first-order valence-corrected chi connectivity index (χ1v) is 7.37. The van der Waals surface area contributed by atoms with E-state index < -0.39 is 6.04 Å². The van der Waals surface area contributed by atoms with Gasteiger partial charge in [-0.1, -0.05) is 28.1 Å². The van der Waals surface area contributed by atoms with E-state index in [0.717, 1.165) is 33.8 Å². The number of nitrogens with one attached hydrogen (secondary N) is 1. The molecule has 1 aromatic heterocycles. The highest BCUT2D eigenvalue weighted by Gasteiger charge is 2.31. The number of carbonyl (C=O) groups is 1. The number of nitrogens with zero attached hydrogens (tertiary/aromatic N) is 1. The first-order chi connectivity index (χ1) is 9.70. The number of carbonyl (C=O) groups excluding carboxylic acids is 1. The van der Waals surface area contributed by atoms with Crippen LogP contribution in [0, 0.1) is 0 Å². The minimum absolute atomic E-state index is 0.272. The Balaban J connectivity index is 2.10. The van der Waals surface area contributed by atoms with Crippen molar-refractivity contribution in [2.24, 2.45) is 0 Å². The summed E-state index contributed by atoms with van der Waals surface area (Å²) >= 11 is 3.52. The lowest BCUT2D eigenvalue weighted by atomic mass is 10.0. The van der Waals surface area contributed by atoms with Gasteiger partial charge in [0, 0.05) is 27.7 Å². The largest absolute Gasteiger partial charge is 0.468 e. The lowest BCUT2D eigenvalue weighted by Gasteiger charge is -2.18. The zero-order chi connectivity index (χ0) is 14.1. The number of hydrogen-bond donors (Lipinski definition) is 1. The van der Waals surface area contributed by atoms with Gasteiger partial charge in [0.2, 0.25) is 0 Å². The van der Waals surface area contributed by atoms with E-state index in [2.05, 4.69) is 26.2 Å². The maximum absolute atomic E-state index is 12.1. The maximum Gasteiger partial charge on any atom is 0.327 e. The molecule has 20 heavy (non-hydrogen) atoms. The van der Waals surface area contributed by atoms with Crippen molar-refractivity contribution in [3.8, 4) is 0 Å². The molecule has 104 valence electrons. The normalized spacial score (nSPS) is 16.1. The highest BCUT2D eigenvalue weighted by Crippen LogP contribution is 2.31. The number of esters is 1. The Bertz CT molecular complexity index is 655. The van der Waals surface area contributed by atoms with Crippen LogP contribution in [-0.2, 0) is 9.53 Å². The zero-order valence-corrected chi connectivity index (χ0v) is 12.7. The van der Waals surface area contributed by atoms with Gasteiger partial charge in [-0.2, -0.15) is 0 Å². The number of halogens is 1. The highest BCUT2D eigenvalue weighted by atomic mass is 79.9. The molecule has 1 fully saturated rings. The van der Waals surface area contributed by atoms with Crippen LogP contribution >= 0.6 is 15.9 Å². The molecule has 0 amide bonds. The van der Waals surface area contributed by atoms with Gasteiger partial charge < -0.3 is 4.74 Å². The molecule has 2 aromatic rings. The SMILES string of the molecule is COC(=O)C(NC1CC1)c1ccc(Br)c2cccnc12. The lowest BCUT2D eigenvalue weighted by molar-refractivity contribution is -0.143. The molecule has 1 unspecified atom stereocenters. The molecule has 4 nitrogen and oxygen atoms in total. The molecule has 0 radical (unpaired) electrons. The fourth-order valence-corrected chi connectivity index (χ4v) is 2.73. The van der Waals surface area contributed by atoms with Crippen LogP contribution in [-0.4, -0.2) is 24.1 Å². The van der Waals surface area contributed by atoms with Gasteiger partial charge in [-0.25, -0.2) is 4.79 Å². The summed E-state index contributed by atoms with van der Waals surface area (Å²) in [6, 6.07) is 7.69. The van der Waals surface area contributed by atoms with E-state index >= 15 is 0 Å². The Labute approximate surface area is 125 Å². The van der Waals surface area contributed by atoms with E-state index in [9.17, 15) is 4.79 Å². The zero-order valence-electron chi connectivity index (χ0n) is 11.1. The molecule has 1 saturated carbocycles. The van der Waals surface area contributed by atoms with Gasteiger partial charge in [-0.05, 0) is 25.0 Å². The Kier molecular flexibility index (Phi) is 3.72. The predicted molar refractivity (Wildman–Crippen MR) is 80.4 cm³/mol. The summed E-state index contributed by atoms with van der Waals surface area (Å²) in [5.41, 5.74) is 1.69. The first kappa shape index (κ1) is 13.5. The molecule has 0 saturated heterocycles. The molecule has 3 rings (SSSR count). The molecular weight excluding hydrogens is 320 g/mol. The topological polar surface area (TPSA) is 51.2 Å². The molecule has 1 atom stereocenters. The number of aromatic nitrogens is 1. The van der Waals surface area contributed by atoms with E-state index in [1.807, 2.05) is 24.3 Å². The highest BCUT2D eigenvalue weighted by molar-refractivity contribution is 9.10. The summed E-state index contributed by atoms with van der Waals surface area (Å²) in [7, 11) is 1.42. The predicted octanol–water partition coefficient (Wildman–Crippen LogP) is 2.96. The number of benzene rings is 1. The molecular formula is C15H15BrN2O2. The van der Waals surface area contributed by atoms with Crippen molar-refractivity contribution in [1.29, 1.82) is 0 Å². The molecule has 1 aliphatic rings. The molecule has 0 bridgehead atoms. The third kappa shape index (κ3) is 2.55. The summed E-state index contributed by atoms with van der Waals surface area (Å²) in [6.07, 6.45) is 3.95. The van der Waals surface area contributed by atoms with E-state index in [-0.39, 0.29) is 5.97 Å². The van der Waals surface area contributed by atoms with Crippen molar-refractivity contribution >= 4 is 32.8 Å². The van der Waals surface area contributed by atoms with Gasteiger partial charge in [0.1, 0.15) is 6.04 Å². The van der Waals surface area contributed by atoms with Gasteiger partial charge >= 0.3 is 5.97 Å². The van der Waals surface area contributed by atoms with E-state index in [1.165, 1.54) is 7.11 Å². The summed E-state index contributed by atoms with van der Waals surface area (Å²) < 4.78 is 5.91. The number of rotatable bonds is 4. The Hall–Kier alpha value is -1.46. The Morgan fingerprint density at radius 1 is 1.45 bits per heavy atom. The van der Waals surface area contributed by atoms with E-state index in [1.54, 1.807) is 6.20 Å². The third-order valence-electron chi connectivity index (χ3n) is 3.48. The van der Waals surface area contributed by atoms with Gasteiger partial charge in [-0.15, -0.1) is 0 Å². The Morgan fingerprint density at radius 2 is 2.25 bits per heavy atom. The summed E-state index contributed by atoms with van der Waals surface area (Å²) in [5.74, 6) is -0.272. The average molecular weight is 335 g/mol. The minimum atomic E-state index is -0.460. The Morgan fingerprint density at radius 3 is 2.95 bits per heavy atom.